The quantitative estimate of drug-likeness (QED) is 0.892. The van der Waals surface area contributed by atoms with Crippen molar-refractivity contribution in [2.24, 2.45) is 0 Å². The Labute approximate surface area is 124 Å². The summed E-state index contributed by atoms with van der Waals surface area (Å²) in [7, 11) is 0. The van der Waals surface area contributed by atoms with Crippen molar-refractivity contribution >= 4 is 11.8 Å². The summed E-state index contributed by atoms with van der Waals surface area (Å²) < 4.78 is 5.40. The molecule has 112 valence electrons. The second kappa shape index (κ2) is 5.85. The fraction of sp³-hybridized carbons (Fsp3) is 0.500. The maximum Gasteiger partial charge on any atom is 0.245 e. The molecule has 0 saturated carbocycles. The van der Waals surface area contributed by atoms with Gasteiger partial charge in [-0.2, -0.15) is 0 Å². The number of nitrogens with one attached hydrogen (secondary N) is 1. The van der Waals surface area contributed by atoms with E-state index < -0.39 is 12.1 Å². The van der Waals surface area contributed by atoms with E-state index in [1.54, 1.807) is 11.8 Å². The molecule has 3 rings (SSSR count). The molecular formula is C16H20N2O3. The molecule has 2 fully saturated rings. The summed E-state index contributed by atoms with van der Waals surface area (Å²) in [5, 5.41) is 2.78. The summed E-state index contributed by atoms with van der Waals surface area (Å²) in [6.45, 7) is 2.92. The predicted molar refractivity (Wildman–Crippen MR) is 77.6 cm³/mol. The third-order valence-electron chi connectivity index (χ3n) is 4.19. The van der Waals surface area contributed by atoms with Gasteiger partial charge in [0.15, 0.2) is 0 Å². The fourth-order valence-electron chi connectivity index (χ4n) is 3.08. The van der Waals surface area contributed by atoms with Crippen molar-refractivity contribution in [3.63, 3.8) is 0 Å². The molecule has 5 heteroatoms. The lowest BCUT2D eigenvalue weighted by Gasteiger charge is -2.41. The highest BCUT2D eigenvalue weighted by Crippen LogP contribution is 2.22. The molecule has 1 aromatic rings. The number of ether oxygens (including phenoxy) is 1. The smallest absolute Gasteiger partial charge is 0.245 e. The minimum Gasteiger partial charge on any atom is -0.379 e. The van der Waals surface area contributed by atoms with Crippen LogP contribution in [0.4, 0.5) is 0 Å². The van der Waals surface area contributed by atoms with Crippen molar-refractivity contribution in [2.45, 2.75) is 37.9 Å². The van der Waals surface area contributed by atoms with Crippen LogP contribution in [0.5, 0.6) is 0 Å². The van der Waals surface area contributed by atoms with Crippen molar-refractivity contribution in [1.29, 1.82) is 0 Å². The molecule has 1 N–H and O–H groups in total. The molecule has 5 nitrogen and oxygen atoms in total. The number of piperazine rings is 1. The minimum absolute atomic E-state index is 0.00830. The van der Waals surface area contributed by atoms with Crippen LogP contribution in [0.25, 0.3) is 0 Å². The standard InChI is InChI=1S/C16H20N2O3/c1-11-16(20)18(13-7-8-21-10-13)14(15(19)17-11)9-12-5-3-2-4-6-12/h2-6,11,13-14H,7-10H2,1H3,(H,17,19). The molecule has 0 aromatic heterocycles. The monoisotopic (exact) mass is 288 g/mol. The molecule has 0 spiro atoms. The SMILES string of the molecule is CC1NC(=O)C(Cc2ccccc2)N(C2CCOC2)C1=O. The summed E-state index contributed by atoms with van der Waals surface area (Å²) in [5.41, 5.74) is 1.06. The summed E-state index contributed by atoms with van der Waals surface area (Å²) in [4.78, 5) is 26.6. The normalized spacial score (nSPS) is 29.6. The molecule has 21 heavy (non-hydrogen) atoms. The van der Waals surface area contributed by atoms with Crippen molar-refractivity contribution in [3.8, 4) is 0 Å². The van der Waals surface area contributed by atoms with Crippen LogP contribution in [0.1, 0.15) is 18.9 Å². The lowest BCUT2D eigenvalue weighted by Crippen LogP contribution is -2.65. The van der Waals surface area contributed by atoms with Gasteiger partial charge in [-0.25, -0.2) is 0 Å². The Morgan fingerprint density at radius 3 is 2.71 bits per heavy atom. The molecule has 2 aliphatic heterocycles. The van der Waals surface area contributed by atoms with Crippen LogP contribution in [-0.2, 0) is 20.7 Å². The van der Waals surface area contributed by atoms with Crippen molar-refractivity contribution in [3.05, 3.63) is 35.9 Å². The lowest BCUT2D eigenvalue weighted by atomic mass is 9.97. The first-order valence-corrected chi connectivity index (χ1v) is 7.41. The third kappa shape index (κ3) is 2.78. The second-order valence-corrected chi connectivity index (χ2v) is 5.70. The number of hydrogen-bond acceptors (Lipinski definition) is 3. The molecule has 2 saturated heterocycles. The average molecular weight is 288 g/mol. The third-order valence-corrected chi connectivity index (χ3v) is 4.19. The number of amides is 2. The maximum atomic E-state index is 12.5. The van der Waals surface area contributed by atoms with Crippen LogP contribution in [0.3, 0.4) is 0 Å². The average Bonchev–Trinajstić information content (AvgIpc) is 3.00. The van der Waals surface area contributed by atoms with Crippen molar-refractivity contribution in [2.75, 3.05) is 13.2 Å². The van der Waals surface area contributed by atoms with E-state index in [9.17, 15) is 9.59 Å². The predicted octanol–water partition coefficient (Wildman–Crippen LogP) is 0.733. The van der Waals surface area contributed by atoms with Crippen LogP contribution < -0.4 is 5.32 Å². The highest BCUT2D eigenvalue weighted by atomic mass is 16.5. The van der Waals surface area contributed by atoms with Gasteiger partial charge in [-0.1, -0.05) is 30.3 Å². The van der Waals surface area contributed by atoms with E-state index in [0.717, 1.165) is 12.0 Å². The Bertz CT molecular complexity index is 526. The molecule has 1 aromatic carbocycles. The lowest BCUT2D eigenvalue weighted by molar-refractivity contribution is -0.151. The van der Waals surface area contributed by atoms with E-state index in [-0.39, 0.29) is 17.9 Å². The molecular weight excluding hydrogens is 268 g/mol. The molecule has 0 radical (unpaired) electrons. The van der Waals surface area contributed by atoms with E-state index >= 15 is 0 Å². The first kappa shape index (κ1) is 14.1. The first-order chi connectivity index (χ1) is 10.2. The maximum absolute atomic E-state index is 12.5. The van der Waals surface area contributed by atoms with Gasteiger partial charge in [0.2, 0.25) is 11.8 Å². The number of carbonyl (C=O) groups excluding carboxylic acids is 2. The zero-order valence-corrected chi connectivity index (χ0v) is 12.1. The molecule has 0 aliphatic carbocycles. The summed E-state index contributed by atoms with van der Waals surface area (Å²) in [5.74, 6) is -0.0797. The molecule has 2 aliphatic rings. The molecule has 3 atom stereocenters. The number of rotatable bonds is 3. The molecule has 2 amide bonds. The van der Waals surface area contributed by atoms with Gasteiger partial charge in [0, 0.05) is 13.0 Å². The van der Waals surface area contributed by atoms with Crippen LogP contribution >= 0.6 is 0 Å². The van der Waals surface area contributed by atoms with Gasteiger partial charge in [-0.15, -0.1) is 0 Å². The Morgan fingerprint density at radius 2 is 2.05 bits per heavy atom. The van der Waals surface area contributed by atoms with Crippen LogP contribution in [-0.4, -0.2) is 48.1 Å². The zero-order valence-electron chi connectivity index (χ0n) is 12.1. The van der Waals surface area contributed by atoms with Crippen LogP contribution in [0, 0.1) is 0 Å². The summed E-state index contributed by atoms with van der Waals surface area (Å²) in [6, 6.07) is 8.93. The van der Waals surface area contributed by atoms with Crippen molar-refractivity contribution < 1.29 is 14.3 Å². The van der Waals surface area contributed by atoms with Crippen molar-refractivity contribution in [1.82, 2.24) is 10.2 Å². The molecule has 0 bridgehead atoms. The van der Waals surface area contributed by atoms with Gasteiger partial charge < -0.3 is 15.0 Å². The Morgan fingerprint density at radius 1 is 1.29 bits per heavy atom. The van der Waals surface area contributed by atoms with Gasteiger partial charge in [0.25, 0.3) is 0 Å². The van der Waals surface area contributed by atoms with Gasteiger partial charge >= 0.3 is 0 Å². The molecule has 2 heterocycles. The Hall–Kier alpha value is -1.88. The van der Waals surface area contributed by atoms with E-state index in [1.165, 1.54) is 0 Å². The second-order valence-electron chi connectivity index (χ2n) is 5.70. The largest absolute Gasteiger partial charge is 0.379 e. The highest BCUT2D eigenvalue weighted by molar-refractivity contribution is 5.97. The van der Waals surface area contributed by atoms with E-state index in [0.29, 0.717) is 19.6 Å². The van der Waals surface area contributed by atoms with E-state index in [2.05, 4.69) is 5.32 Å². The number of carbonyl (C=O) groups is 2. The Balaban J connectivity index is 1.86. The number of benzene rings is 1. The number of nitrogens with zero attached hydrogens (tertiary/aromatic N) is 1. The summed E-state index contributed by atoms with van der Waals surface area (Å²) >= 11 is 0. The van der Waals surface area contributed by atoms with Gasteiger partial charge in [0.1, 0.15) is 12.1 Å². The highest BCUT2D eigenvalue weighted by Gasteiger charge is 2.43. The van der Waals surface area contributed by atoms with E-state index in [1.807, 2.05) is 30.3 Å². The van der Waals surface area contributed by atoms with Gasteiger partial charge in [-0.3, -0.25) is 9.59 Å². The Kier molecular flexibility index (Phi) is 3.92. The fourth-order valence-corrected chi connectivity index (χ4v) is 3.08. The zero-order chi connectivity index (χ0) is 14.8. The van der Waals surface area contributed by atoms with Gasteiger partial charge in [0.05, 0.1) is 12.6 Å². The van der Waals surface area contributed by atoms with Crippen LogP contribution in [0.15, 0.2) is 30.3 Å². The van der Waals surface area contributed by atoms with E-state index in [4.69, 9.17) is 4.74 Å². The summed E-state index contributed by atoms with van der Waals surface area (Å²) in [6.07, 6.45) is 1.35. The molecule has 3 unspecified atom stereocenters. The topological polar surface area (TPSA) is 58.6 Å². The van der Waals surface area contributed by atoms with Gasteiger partial charge in [-0.05, 0) is 18.9 Å². The first-order valence-electron chi connectivity index (χ1n) is 7.41. The minimum atomic E-state index is -0.454. The number of hydrogen-bond donors (Lipinski definition) is 1. The van der Waals surface area contributed by atoms with Crippen LogP contribution in [0.2, 0.25) is 0 Å².